The van der Waals surface area contributed by atoms with E-state index < -0.39 is 11.7 Å². The van der Waals surface area contributed by atoms with Gasteiger partial charge < -0.3 is 9.88 Å². The molecule has 7 heteroatoms. The molecule has 2 rings (SSSR count). The monoisotopic (exact) mass is 351 g/mol. The van der Waals surface area contributed by atoms with Crippen LogP contribution in [0.3, 0.4) is 0 Å². The first-order chi connectivity index (χ1) is 11.8. The fourth-order valence-corrected chi connectivity index (χ4v) is 2.32. The summed E-state index contributed by atoms with van der Waals surface area (Å²) in [4.78, 5) is 16.0. The van der Waals surface area contributed by atoms with Crippen molar-refractivity contribution in [2.24, 2.45) is 5.92 Å². The molecule has 25 heavy (non-hydrogen) atoms. The van der Waals surface area contributed by atoms with Gasteiger partial charge in [0.2, 0.25) is 5.91 Å². The average molecular weight is 351 g/mol. The van der Waals surface area contributed by atoms with Gasteiger partial charge in [-0.25, -0.2) is 4.98 Å². The molecule has 4 nitrogen and oxygen atoms in total. The van der Waals surface area contributed by atoms with Crippen LogP contribution in [0.15, 0.2) is 42.7 Å². The summed E-state index contributed by atoms with van der Waals surface area (Å²) < 4.78 is 39.9. The molecule has 0 aliphatic carbocycles. The Bertz CT molecular complexity index is 750. The van der Waals surface area contributed by atoms with Crippen molar-refractivity contribution < 1.29 is 18.0 Å². The summed E-state index contributed by atoms with van der Waals surface area (Å²) in [6.45, 7) is 5.09. The van der Waals surface area contributed by atoms with Crippen molar-refractivity contribution in [3.8, 4) is 0 Å². The number of halogens is 3. The predicted octanol–water partition coefficient (Wildman–Crippen LogP) is 3.68. The number of aryl methyl sites for hydroxylation is 1. The summed E-state index contributed by atoms with van der Waals surface area (Å²) in [6, 6.07) is 4.84. The first-order valence-corrected chi connectivity index (χ1v) is 7.86. The number of alkyl halides is 3. The highest BCUT2D eigenvalue weighted by Crippen LogP contribution is 2.29. The predicted molar refractivity (Wildman–Crippen MR) is 89.6 cm³/mol. The van der Waals surface area contributed by atoms with Gasteiger partial charge in [-0.3, -0.25) is 4.79 Å². The van der Waals surface area contributed by atoms with Crippen molar-refractivity contribution in [1.82, 2.24) is 14.9 Å². The maximum absolute atomic E-state index is 12.7. The molecule has 0 aliphatic heterocycles. The lowest BCUT2D eigenvalue weighted by atomic mass is 10.1. The normalized spacial score (nSPS) is 13.2. The molecular formula is C18H20F3N3O. The van der Waals surface area contributed by atoms with Crippen LogP contribution >= 0.6 is 0 Å². The number of benzene rings is 1. The summed E-state index contributed by atoms with van der Waals surface area (Å²) in [5.74, 6) is 0.757. The lowest BCUT2D eigenvalue weighted by Gasteiger charge is -2.13. The third-order valence-electron chi connectivity index (χ3n) is 3.70. The molecule has 134 valence electrons. The van der Waals surface area contributed by atoms with Crippen molar-refractivity contribution in [1.29, 1.82) is 0 Å². The molecule has 0 fully saturated rings. The molecule has 0 saturated carbocycles. The van der Waals surface area contributed by atoms with Crippen LogP contribution in [-0.4, -0.2) is 22.0 Å². The molecule has 1 atom stereocenters. The Morgan fingerprint density at radius 3 is 2.80 bits per heavy atom. The van der Waals surface area contributed by atoms with Gasteiger partial charge in [-0.1, -0.05) is 19.1 Å². The first kappa shape index (κ1) is 18.8. The third kappa shape index (κ3) is 5.77. The van der Waals surface area contributed by atoms with Crippen LogP contribution in [0.25, 0.3) is 6.08 Å². The van der Waals surface area contributed by atoms with Crippen LogP contribution in [0, 0.1) is 12.8 Å². The molecule has 0 bridgehead atoms. The van der Waals surface area contributed by atoms with Crippen molar-refractivity contribution in [3.05, 3.63) is 59.7 Å². The van der Waals surface area contributed by atoms with Crippen molar-refractivity contribution in [2.75, 3.05) is 6.54 Å². The quantitative estimate of drug-likeness (QED) is 0.807. The second kappa shape index (κ2) is 8.00. The first-order valence-electron chi connectivity index (χ1n) is 7.86. The van der Waals surface area contributed by atoms with E-state index in [0.717, 1.165) is 24.5 Å². The molecule has 1 aromatic carbocycles. The van der Waals surface area contributed by atoms with Gasteiger partial charge in [0.15, 0.2) is 0 Å². The largest absolute Gasteiger partial charge is 0.416 e. The van der Waals surface area contributed by atoms with Gasteiger partial charge in [0.25, 0.3) is 0 Å². The van der Waals surface area contributed by atoms with E-state index in [1.165, 1.54) is 24.3 Å². The van der Waals surface area contributed by atoms with E-state index in [4.69, 9.17) is 0 Å². The van der Waals surface area contributed by atoms with E-state index in [0.29, 0.717) is 12.1 Å². The number of aromatic nitrogens is 2. The highest BCUT2D eigenvalue weighted by molar-refractivity contribution is 5.91. The molecule has 1 heterocycles. The Labute approximate surface area is 144 Å². The number of nitrogens with zero attached hydrogens (tertiary/aromatic N) is 2. The molecule has 1 aromatic heterocycles. The Kier molecular flexibility index (Phi) is 6.01. The summed E-state index contributed by atoms with van der Waals surface area (Å²) in [5, 5.41) is 2.75. The van der Waals surface area contributed by atoms with Gasteiger partial charge in [0.05, 0.1) is 5.56 Å². The molecule has 0 aliphatic rings. The molecule has 2 aromatic rings. The minimum absolute atomic E-state index is 0.193. The van der Waals surface area contributed by atoms with Crippen LogP contribution in [0.2, 0.25) is 0 Å². The number of amides is 1. The second-order valence-electron chi connectivity index (χ2n) is 5.93. The standard InChI is InChI=1S/C18H20F3N3O/c1-13(12-24-9-8-22-14(24)2)11-23-17(25)7-6-15-4-3-5-16(10-15)18(19,20)21/h3-10,13H,11-12H2,1-2H3,(H,23,25). The van der Waals surface area contributed by atoms with E-state index >= 15 is 0 Å². The smallest absolute Gasteiger partial charge is 0.352 e. The maximum Gasteiger partial charge on any atom is 0.416 e. The zero-order valence-electron chi connectivity index (χ0n) is 14.0. The van der Waals surface area contributed by atoms with E-state index in [1.54, 1.807) is 6.20 Å². The number of imidazole rings is 1. The van der Waals surface area contributed by atoms with Crippen LogP contribution in [0.4, 0.5) is 13.2 Å². The Morgan fingerprint density at radius 1 is 1.40 bits per heavy atom. The number of nitrogens with one attached hydrogen (secondary N) is 1. The van der Waals surface area contributed by atoms with Crippen molar-refractivity contribution in [3.63, 3.8) is 0 Å². The topological polar surface area (TPSA) is 46.9 Å². The molecule has 0 spiro atoms. The fraction of sp³-hybridized carbons (Fsp3) is 0.333. The van der Waals surface area contributed by atoms with E-state index in [9.17, 15) is 18.0 Å². The van der Waals surface area contributed by atoms with Gasteiger partial charge in [-0.2, -0.15) is 13.2 Å². The zero-order valence-corrected chi connectivity index (χ0v) is 14.0. The van der Waals surface area contributed by atoms with Crippen molar-refractivity contribution >= 4 is 12.0 Å². The highest BCUT2D eigenvalue weighted by atomic mass is 19.4. The number of hydrogen-bond donors (Lipinski definition) is 1. The number of carbonyl (C=O) groups is 1. The summed E-state index contributed by atoms with van der Waals surface area (Å²) >= 11 is 0. The Morgan fingerprint density at radius 2 is 2.16 bits per heavy atom. The Hall–Kier alpha value is -2.57. The van der Waals surface area contributed by atoms with Crippen molar-refractivity contribution in [2.45, 2.75) is 26.6 Å². The van der Waals surface area contributed by atoms with Crippen LogP contribution in [-0.2, 0) is 17.5 Å². The summed E-state index contributed by atoms with van der Waals surface area (Å²) in [7, 11) is 0. The fourth-order valence-electron chi connectivity index (χ4n) is 2.32. The number of hydrogen-bond acceptors (Lipinski definition) is 2. The molecule has 0 saturated heterocycles. The molecule has 1 amide bonds. The number of rotatable bonds is 6. The Balaban J connectivity index is 1.85. The SMILES string of the molecule is Cc1nccn1CC(C)CNC(=O)C=Cc1cccc(C(F)(F)F)c1. The molecule has 1 unspecified atom stereocenters. The van der Waals surface area contributed by atoms with Crippen LogP contribution in [0.5, 0.6) is 0 Å². The lowest BCUT2D eigenvalue weighted by Crippen LogP contribution is -2.28. The van der Waals surface area contributed by atoms with Crippen LogP contribution in [0.1, 0.15) is 23.9 Å². The van der Waals surface area contributed by atoms with Gasteiger partial charge in [0.1, 0.15) is 5.82 Å². The highest BCUT2D eigenvalue weighted by Gasteiger charge is 2.30. The average Bonchev–Trinajstić information content (AvgIpc) is 2.95. The van der Waals surface area contributed by atoms with Gasteiger partial charge in [0, 0.05) is 31.6 Å². The van der Waals surface area contributed by atoms with E-state index in [1.807, 2.05) is 24.6 Å². The minimum atomic E-state index is -4.40. The van der Waals surface area contributed by atoms with Crippen LogP contribution < -0.4 is 5.32 Å². The van der Waals surface area contributed by atoms with E-state index in [2.05, 4.69) is 10.3 Å². The lowest BCUT2D eigenvalue weighted by molar-refractivity contribution is -0.137. The minimum Gasteiger partial charge on any atom is -0.352 e. The second-order valence-corrected chi connectivity index (χ2v) is 5.93. The van der Waals surface area contributed by atoms with Gasteiger partial charge in [-0.15, -0.1) is 0 Å². The summed E-state index contributed by atoms with van der Waals surface area (Å²) in [5.41, 5.74) is -0.411. The summed E-state index contributed by atoms with van der Waals surface area (Å²) in [6.07, 6.45) is 1.81. The maximum atomic E-state index is 12.7. The number of carbonyl (C=O) groups excluding carboxylic acids is 1. The van der Waals surface area contributed by atoms with Gasteiger partial charge in [-0.05, 0) is 36.6 Å². The third-order valence-corrected chi connectivity index (χ3v) is 3.70. The van der Waals surface area contributed by atoms with E-state index in [-0.39, 0.29) is 11.8 Å². The molecule has 0 radical (unpaired) electrons. The molecular weight excluding hydrogens is 331 g/mol. The zero-order chi connectivity index (χ0) is 18.4. The van der Waals surface area contributed by atoms with Gasteiger partial charge >= 0.3 is 6.18 Å². The molecule has 1 N–H and O–H groups in total.